The molecule has 0 spiro atoms. The van der Waals surface area contributed by atoms with Crippen LogP contribution in [0.3, 0.4) is 0 Å². The molecule has 0 unspecified atom stereocenters. The fraction of sp³-hybridized carbons (Fsp3) is 0.375. The number of nitrogens with zero attached hydrogens (tertiary/aromatic N) is 6. The second-order valence-corrected chi connectivity index (χ2v) is 4.94. The summed E-state index contributed by atoms with van der Waals surface area (Å²) < 4.78 is 10.8. The Balaban J connectivity index is 1.50. The zero-order chi connectivity index (χ0) is 18.5. The molecule has 4 N–H and O–H groups in total. The maximum absolute atomic E-state index is 5.79. The number of ether oxygens (including phenoxy) is 2. The smallest absolute Gasteiger partial charge is 0.146 e. The van der Waals surface area contributed by atoms with Gasteiger partial charge < -0.3 is 20.9 Å². The van der Waals surface area contributed by atoms with Gasteiger partial charge in [-0.05, 0) is 0 Å². The van der Waals surface area contributed by atoms with E-state index >= 15 is 0 Å². The summed E-state index contributed by atoms with van der Waals surface area (Å²) in [6, 6.07) is 0. The van der Waals surface area contributed by atoms with Crippen LogP contribution >= 0.6 is 0 Å². The maximum Gasteiger partial charge on any atom is 0.146 e. The minimum atomic E-state index is 0.344. The van der Waals surface area contributed by atoms with E-state index in [-0.39, 0.29) is 0 Å². The highest BCUT2D eigenvalue weighted by atomic mass is 16.5. The van der Waals surface area contributed by atoms with Gasteiger partial charge >= 0.3 is 0 Å². The second kappa shape index (κ2) is 11.6. The Bertz CT molecular complexity index is 632. The summed E-state index contributed by atoms with van der Waals surface area (Å²) >= 11 is 0. The van der Waals surface area contributed by atoms with Crippen molar-refractivity contribution in [2.75, 3.05) is 39.5 Å². The molecule has 10 nitrogen and oxygen atoms in total. The third-order valence-corrected chi connectivity index (χ3v) is 3.06. The molecule has 0 fully saturated rings. The van der Waals surface area contributed by atoms with Crippen molar-refractivity contribution in [3.8, 4) is 0 Å². The molecule has 0 saturated heterocycles. The van der Waals surface area contributed by atoms with Gasteiger partial charge in [0.15, 0.2) is 0 Å². The van der Waals surface area contributed by atoms with Crippen molar-refractivity contribution in [3.63, 3.8) is 0 Å². The Hall–Kier alpha value is -2.98. The van der Waals surface area contributed by atoms with E-state index in [1.54, 1.807) is 37.2 Å². The summed E-state index contributed by atoms with van der Waals surface area (Å²) in [5.41, 5.74) is 12.7. The maximum atomic E-state index is 5.79. The van der Waals surface area contributed by atoms with E-state index < -0.39 is 0 Å². The Morgan fingerprint density at radius 1 is 0.731 bits per heavy atom. The molecule has 0 saturated carbocycles. The quantitative estimate of drug-likeness (QED) is 0.308. The summed E-state index contributed by atoms with van der Waals surface area (Å²) in [5, 5.41) is 0. The average molecular weight is 358 g/mol. The van der Waals surface area contributed by atoms with Crippen molar-refractivity contribution < 1.29 is 9.47 Å². The van der Waals surface area contributed by atoms with Gasteiger partial charge in [0.05, 0.1) is 51.9 Å². The Kier molecular flexibility index (Phi) is 8.60. The molecule has 2 heterocycles. The lowest BCUT2D eigenvalue weighted by molar-refractivity contribution is 0.0541. The van der Waals surface area contributed by atoms with Gasteiger partial charge in [-0.15, -0.1) is 0 Å². The fourth-order valence-corrected chi connectivity index (χ4v) is 1.81. The van der Waals surface area contributed by atoms with Crippen LogP contribution in [0.1, 0.15) is 11.4 Å². The minimum absolute atomic E-state index is 0.344. The van der Waals surface area contributed by atoms with Gasteiger partial charge in [0.2, 0.25) is 0 Å². The van der Waals surface area contributed by atoms with E-state index in [9.17, 15) is 0 Å². The van der Waals surface area contributed by atoms with Gasteiger partial charge in [0.25, 0.3) is 0 Å². The zero-order valence-corrected chi connectivity index (χ0v) is 14.4. The van der Waals surface area contributed by atoms with Gasteiger partial charge in [-0.2, -0.15) is 0 Å². The topological polar surface area (TPSA) is 147 Å². The van der Waals surface area contributed by atoms with Crippen molar-refractivity contribution in [1.82, 2.24) is 19.9 Å². The second-order valence-electron chi connectivity index (χ2n) is 4.94. The normalized spacial score (nSPS) is 12.3. The third-order valence-electron chi connectivity index (χ3n) is 3.06. The summed E-state index contributed by atoms with van der Waals surface area (Å²) in [6.45, 7) is 2.71. The zero-order valence-electron chi connectivity index (χ0n) is 14.4. The van der Waals surface area contributed by atoms with Gasteiger partial charge in [-0.25, -0.2) is 9.97 Å². The Morgan fingerprint density at radius 3 is 1.58 bits per heavy atom. The number of aromatic nitrogens is 4. The van der Waals surface area contributed by atoms with Crippen molar-refractivity contribution >= 4 is 11.7 Å². The molecule has 0 atom stereocenters. The van der Waals surface area contributed by atoms with Gasteiger partial charge in [0, 0.05) is 24.8 Å². The SMILES string of the molecule is NC(=NCCOCCOCCN=C(N)c1cnccn1)c1cnccn1. The number of hydrogen-bond acceptors (Lipinski definition) is 8. The molecule has 10 heteroatoms. The minimum Gasteiger partial charge on any atom is -0.382 e. The van der Waals surface area contributed by atoms with E-state index in [0.717, 1.165) is 0 Å². The number of aliphatic imine (C=N–C) groups is 2. The molecule has 138 valence electrons. The third kappa shape index (κ3) is 7.28. The highest BCUT2D eigenvalue weighted by Gasteiger charge is 1.99. The van der Waals surface area contributed by atoms with Crippen LogP contribution in [0.2, 0.25) is 0 Å². The summed E-state index contributed by atoms with van der Waals surface area (Å²) in [5.74, 6) is 0.688. The van der Waals surface area contributed by atoms with Crippen molar-refractivity contribution in [3.05, 3.63) is 48.6 Å². The molecule has 0 aliphatic heterocycles. The molecule has 0 aromatic carbocycles. The van der Waals surface area contributed by atoms with Crippen LogP contribution in [-0.4, -0.2) is 71.1 Å². The lowest BCUT2D eigenvalue weighted by Gasteiger charge is -2.04. The number of hydrogen-bond donors (Lipinski definition) is 2. The van der Waals surface area contributed by atoms with E-state index in [1.807, 2.05) is 0 Å². The van der Waals surface area contributed by atoms with Crippen LogP contribution in [0.25, 0.3) is 0 Å². The first kappa shape index (κ1) is 19.3. The average Bonchev–Trinajstić information content (AvgIpc) is 2.70. The first-order valence-corrected chi connectivity index (χ1v) is 8.05. The van der Waals surface area contributed by atoms with Crippen molar-refractivity contribution in [1.29, 1.82) is 0 Å². The fourth-order valence-electron chi connectivity index (χ4n) is 1.81. The van der Waals surface area contributed by atoms with Crippen LogP contribution in [0.4, 0.5) is 0 Å². The highest BCUT2D eigenvalue weighted by Crippen LogP contribution is 1.91. The molecule has 0 bridgehead atoms. The van der Waals surface area contributed by atoms with Crippen molar-refractivity contribution in [2.24, 2.45) is 21.5 Å². The lowest BCUT2D eigenvalue weighted by atomic mass is 10.4. The molecular weight excluding hydrogens is 336 g/mol. The van der Waals surface area contributed by atoms with Crippen molar-refractivity contribution in [2.45, 2.75) is 0 Å². The molecule has 2 rings (SSSR count). The first-order chi connectivity index (χ1) is 12.8. The summed E-state index contributed by atoms with van der Waals surface area (Å²) in [6.07, 6.45) is 9.41. The molecular formula is C16H22N8O2. The predicted molar refractivity (Wildman–Crippen MR) is 96.9 cm³/mol. The Morgan fingerprint density at radius 2 is 1.19 bits per heavy atom. The molecule has 0 aliphatic rings. The van der Waals surface area contributed by atoms with E-state index in [0.29, 0.717) is 62.6 Å². The molecule has 26 heavy (non-hydrogen) atoms. The molecule has 0 aliphatic carbocycles. The standard InChI is InChI=1S/C16H22N8O2/c17-15(13-11-19-1-3-21-13)23-5-7-25-9-10-26-8-6-24-16(18)14-12-20-2-4-22-14/h1-4,11-12H,5-10H2,(H2,17,23)(H2,18,24). The first-order valence-electron chi connectivity index (χ1n) is 8.05. The van der Waals surface area contributed by atoms with E-state index in [4.69, 9.17) is 20.9 Å². The summed E-state index contributed by atoms with van der Waals surface area (Å²) in [4.78, 5) is 24.3. The van der Waals surface area contributed by atoms with Crippen LogP contribution in [0.15, 0.2) is 47.2 Å². The molecule has 2 aromatic rings. The van der Waals surface area contributed by atoms with Crippen LogP contribution < -0.4 is 11.5 Å². The van der Waals surface area contributed by atoms with Gasteiger partial charge in [-0.3, -0.25) is 20.0 Å². The van der Waals surface area contributed by atoms with Crippen LogP contribution in [-0.2, 0) is 9.47 Å². The van der Waals surface area contributed by atoms with Gasteiger partial charge in [-0.1, -0.05) is 0 Å². The van der Waals surface area contributed by atoms with Crippen LogP contribution in [0.5, 0.6) is 0 Å². The Labute approximate surface area is 151 Å². The number of nitrogens with two attached hydrogens (primary N) is 2. The highest BCUT2D eigenvalue weighted by molar-refractivity contribution is 5.95. The summed E-state index contributed by atoms with van der Waals surface area (Å²) in [7, 11) is 0. The lowest BCUT2D eigenvalue weighted by Crippen LogP contribution is -2.18. The van der Waals surface area contributed by atoms with Crippen LogP contribution in [0, 0.1) is 0 Å². The number of amidine groups is 2. The van der Waals surface area contributed by atoms with Gasteiger partial charge in [0.1, 0.15) is 23.1 Å². The largest absolute Gasteiger partial charge is 0.382 e. The van der Waals surface area contributed by atoms with E-state index in [1.165, 1.54) is 0 Å². The molecule has 0 amide bonds. The monoisotopic (exact) mass is 358 g/mol. The number of rotatable bonds is 11. The van der Waals surface area contributed by atoms with E-state index in [2.05, 4.69) is 29.9 Å². The molecule has 0 radical (unpaired) electrons. The molecule has 2 aromatic heterocycles. The predicted octanol–water partition coefficient (Wildman–Crippen LogP) is -0.589.